The second kappa shape index (κ2) is 11.5. The lowest BCUT2D eigenvalue weighted by Gasteiger charge is -2.33. The van der Waals surface area contributed by atoms with Crippen molar-refractivity contribution in [2.24, 2.45) is 0 Å². The molecular formula is C23H32BrN3O4. The van der Waals surface area contributed by atoms with E-state index in [1.54, 1.807) is 27.5 Å². The Bertz CT molecular complexity index is 836. The third-order valence-corrected chi connectivity index (χ3v) is 6.09. The smallest absolute Gasteiger partial charge is 0.259 e. The first kappa shape index (κ1) is 23.6. The van der Waals surface area contributed by atoms with Crippen molar-refractivity contribution in [1.29, 1.82) is 0 Å². The highest BCUT2D eigenvalue weighted by molar-refractivity contribution is 9.10. The molecule has 0 unspecified atom stereocenters. The van der Waals surface area contributed by atoms with Crippen LogP contribution in [-0.2, 0) is 11.3 Å². The van der Waals surface area contributed by atoms with Crippen LogP contribution in [0.2, 0.25) is 0 Å². The molecule has 1 aromatic carbocycles. The molecule has 0 bridgehead atoms. The van der Waals surface area contributed by atoms with E-state index in [1.807, 2.05) is 18.2 Å². The molecule has 2 heterocycles. The Kier molecular flexibility index (Phi) is 8.80. The molecule has 1 atom stereocenters. The number of nitrogens with zero attached hydrogens (tertiary/aromatic N) is 2. The van der Waals surface area contributed by atoms with Gasteiger partial charge in [-0.2, -0.15) is 0 Å². The molecule has 1 amide bonds. The third-order valence-electron chi connectivity index (χ3n) is 5.50. The van der Waals surface area contributed by atoms with Crippen molar-refractivity contribution in [2.75, 3.05) is 47.4 Å². The average molecular weight is 494 g/mol. The number of amides is 1. The van der Waals surface area contributed by atoms with Gasteiger partial charge in [-0.05, 0) is 71.7 Å². The summed E-state index contributed by atoms with van der Waals surface area (Å²) in [4.78, 5) is 15.9. The van der Waals surface area contributed by atoms with E-state index in [0.717, 1.165) is 35.4 Å². The Morgan fingerprint density at radius 1 is 1.29 bits per heavy atom. The van der Waals surface area contributed by atoms with Crippen molar-refractivity contribution in [2.45, 2.75) is 31.8 Å². The number of hydrogen-bond donors (Lipinski definition) is 1. The molecule has 0 radical (unpaired) electrons. The maximum absolute atomic E-state index is 11.9. The Balaban J connectivity index is 1.63. The normalized spacial score (nSPS) is 15.5. The van der Waals surface area contributed by atoms with Crippen LogP contribution < -0.4 is 14.8 Å². The van der Waals surface area contributed by atoms with Crippen molar-refractivity contribution in [3.05, 3.63) is 46.3 Å². The quantitative estimate of drug-likeness (QED) is 0.542. The molecule has 1 aromatic heterocycles. The standard InChI is InChI=1S/C23H32BrN3O4/c1-26(2)22(28)16-31-23-18(24)12-17(13-21(23)29-3)14-25-15-19(20-8-7-11-30-20)27-9-5-4-6-10-27/h7-8,11-13,19,25H,4-6,9-10,14-16H2,1-3H3/t19-/m0/s1. The van der Waals surface area contributed by atoms with E-state index in [0.29, 0.717) is 18.0 Å². The number of methoxy groups -OCH3 is 1. The van der Waals surface area contributed by atoms with Gasteiger partial charge in [-0.15, -0.1) is 0 Å². The second-order valence-corrected chi connectivity index (χ2v) is 8.80. The summed E-state index contributed by atoms with van der Waals surface area (Å²) in [6, 6.07) is 8.17. The van der Waals surface area contributed by atoms with Crippen LogP contribution >= 0.6 is 15.9 Å². The number of furan rings is 1. The van der Waals surface area contributed by atoms with Crippen molar-refractivity contribution >= 4 is 21.8 Å². The van der Waals surface area contributed by atoms with E-state index < -0.39 is 0 Å². The van der Waals surface area contributed by atoms with E-state index in [4.69, 9.17) is 13.9 Å². The fourth-order valence-electron chi connectivity index (χ4n) is 3.75. The Morgan fingerprint density at radius 2 is 2.06 bits per heavy atom. The highest BCUT2D eigenvalue weighted by Gasteiger charge is 2.24. The molecule has 31 heavy (non-hydrogen) atoms. The van der Waals surface area contributed by atoms with Crippen molar-refractivity contribution in [3.8, 4) is 11.5 Å². The van der Waals surface area contributed by atoms with Gasteiger partial charge in [0.15, 0.2) is 18.1 Å². The number of rotatable bonds is 10. The van der Waals surface area contributed by atoms with Gasteiger partial charge in [-0.3, -0.25) is 9.69 Å². The monoisotopic (exact) mass is 493 g/mol. The molecule has 1 fully saturated rings. The topological polar surface area (TPSA) is 67.2 Å². The van der Waals surface area contributed by atoms with Gasteiger partial charge < -0.3 is 24.1 Å². The molecule has 0 spiro atoms. The predicted octanol–water partition coefficient (Wildman–Crippen LogP) is 3.83. The number of carbonyl (C=O) groups is 1. The number of ether oxygens (including phenoxy) is 2. The van der Waals surface area contributed by atoms with Crippen LogP contribution in [0, 0.1) is 0 Å². The first-order chi connectivity index (χ1) is 15.0. The van der Waals surface area contributed by atoms with Crippen molar-refractivity contribution < 1.29 is 18.7 Å². The number of carbonyl (C=O) groups excluding carboxylic acids is 1. The Morgan fingerprint density at radius 3 is 2.71 bits per heavy atom. The number of halogens is 1. The van der Waals surface area contributed by atoms with E-state index in [9.17, 15) is 4.79 Å². The van der Waals surface area contributed by atoms with Crippen LogP contribution in [0.15, 0.2) is 39.4 Å². The lowest BCUT2D eigenvalue weighted by atomic mass is 10.1. The largest absolute Gasteiger partial charge is 0.493 e. The predicted molar refractivity (Wildman–Crippen MR) is 123 cm³/mol. The minimum absolute atomic E-state index is 0.0414. The maximum Gasteiger partial charge on any atom is 0.259 e. The van der Waals surface area contributed by atoms with Gasteiger partial charge in [0.1, 0.15) is 5.76 Å². The molecule has 2 aromatic rings. The summed E-state index contributed by atoms with van der Waals surface area (Å²) in [6.07, 6.45) is 5.52. The molecule has 7 nitrogen and oxygen atoms in total. The summed E-state index contributed by atoms with van der Waals surface area (Å²) in [5.41, 5.74) is 1.06. The van der Waals surface area contributed by atoms with Crippen LogP contribution in [0.25, 0.3) is 0 Å². The maximum atomic E-state index is 11.9. The summed E-state index contributed by atoms with van der Waals surface area (Å²) in [5.74, 6) is 2.02. The molecule has 0 saturated carbocycles. The number of likely N-dealkylation sites (tertiary alicyclic amines) is 1. The summed E-state index contributed by atoms with van der Waals surface area (Å²) in [5, 5.41) is 3.57. The zero-order valence-electron chi connectivity index (χ0n) is 18.5. The SMILES string of the molecule is COc1cc(CNC[C@@H](c2ccco2)N2CCCCC2)cc(Br)c1OCC(=O)N(C)C. The molecular weight excluding hydrogens is 462 g/mol. The van der Waals surface area contributed by atoms with Crippen LogP contribution in [0.1, 0.15) is 36.6 Å². The third kappa shape index (κ3) is 6.48. The molecule has 1 N–H and O–H groups in total. The highest BCUT2D eigenvalue weighted by atomic mass is 79.9. The van der Waals surface area contributed by atoms with Crippen LogP contribution in [-0.4, -0.2) is 63.2 Å². The van der Waals surface area contributed by atoms with Gasteiger partial charge in [0.05, 0.1) is 23.9 Å². The minimum Gasteiger partial charge on any atom is -0.493 e. The summed E-state index contributed by atoms with van der Waals surface area (Å²) in [6.45, 7) is 3.63. The van der Waals surface area contributed by atoms with Crippen LogP contribution in [0.3, 0.4) is 0 Å². The van der Waals surface area contributed by atoms with E-state index in [1.165, 1.54) is 24.2 Å². The molecule has 1 saturated heterocycles. The molecule has 8 heteroatoms. The number of likely N-dealkylation sites (N-methyl/N-ethyl adjacent to an activating group) is 1. The zero-order valence-corrected chi connectivity index (χ0v) is 20.1. The summed E-state index contributed by atoms with van der Waals surface area (Å²) >= 11 is 3.56. The highest BCUT2D eigenvalue weighted by Crippen LogP contribution is 2.36. The number of piperidine rings is 1. The van der Waals surface area contributed by atoms with Crippen molar-refractivity contribution in [3.63, 3.8) is 0 Å². The van der Waals surface area contributed by atoms with Gasteiger partial charge in [-0.25, -0.2) is 0 Å². The molecule has 1 aliphatic heterocycles. The molecule has 3 rings (SSSR count). The van der Waals surface area contributed by atoms with Gasteiger partial charge in [0.25, 0.3) is 5.91 Å². The number of nitrogens with one attached hydrogen (secondary N) is 1. The molecule has 1 aliphatic rings. The fourth-order valence-corrected chi connectivity index (χ4v) is 4.36. The fraction of sp³-hybridized carbons (Fsp3) is 0.522. The zero-order chi connectivity index (χ0) is 22.2. The summed E-state index contributed by atoms with van der Waals surface area (Å²) in [7, 11) is 5.00. The lowest BCUT2D eigenvalue weighted by Crippen LogP contribution is -2.38. The first-order valence-corrected chi connectivity index (χ1v) is 11.5. The van der Waals surface area contributed by atoms with Gasteiger partial charge in [0, 0.05) is 27.2 Å². The molecule has 0 aliphatic carbocycles. The minimum atomic E-state index is -0.110. The van der Waals surface area contributed by atoms with E-state index >= 15 is 0 Å². The first-order valence-electron chi connectivity index (χ1n) is 10.7. The lowest BCUT2D eigenvalue weighted by molar-refractivity contribution is -0.130. The number of hydrogen-bond acceptors (Lipinski definition) is 6. The van der Waals surface area contributed by atoms with Crippen LogP contribution in [0.5, 0.6) is 11.5 Å². The van der Waals surface area contributed by atoms with Crippen LogP contribution in [0.4, 0.5) is 0 Å². The average Bonchev–Trinajstić information content (AvgIpc) is 3.30. The second-order valence-electron chi connectivity index (χ2n) is 7.94. The van der Waals surface area contributed by atoms with Crippen molar-refractivity contribution in [1.82, 2.24) is 15.1 Å². The van der Waals surface area contributed by atoms with Gasteiger partial charge in [-0.1, -0.05) is 6.42 Å². The molecule has 170 valence electrons. The van der Waals surface area contributed by atoms with E-state index in [-0.39, 0.29) is 18.6 Å². The number of benzene rings is 1. The van der Waals surface area contributed by atoms with E-state index in [2.05, 4.69) is 32.2 Å². The Labute approximate surface area is 192 Å². The Hall–Kier alpha value is -2.03. The van der Waals surface area contributed by atoms with Gasteiger partial charge in [0.2, 0.25) is 0 Å². The summed E-state index contributed by atoms with van der Waals surface area (Å²) < 4.78 is 17.7. The van der Waals surface area contributed by atoms with Gasteiger partial charge >= 0.3 is 0 Å².